The maximum atomic E-state index is 12.0. The van der Waals surface area contributed by atoms with Gasteiger partial charge in [-0.3, -0.25) is 0 Å². The maximum Gasteiger partial charge on any atom is 0.407 e. The molecule has 1 rings (SSSR count). The number of carbonyl (C=O) groups is 1. The fraction of sp³-hybridized carbons (Fsp3) is 0.588. The Morgan fingerprint density at radius 1 is 1.25 bits per heavy atom. The summed E-state index contributed by atoms with van der Waals surface area (Å²) < 4.78 is 17.2. The van der Waals surface area contributed by atoms with E-state index in [0.29, 0.717) is 6.42 Å². The maximum absolute atomic E-state index is 12.0. The van der Waals surface area contributed by atoms with Gasteiger partial charge in [0.1, 0.15) is 30.0 Å². The molecular weight excluding hydrogens is 350 g/mol. The molecule has 0 aliphatic carbocycles. The minimum Gasteiger partial charge on any atom is -1.00 e. The first-order valence-corrected chi connectivity index (χ1v) is 10.1. The van der Waals surface area contributed by atoms with E-state index in [1.165, 1.54) is 0 Å². The van der Waals surface area contributed by atoms with Crippen LogP contribution in [0.2, 0.25) is 0 Å². The summed E-state index contributed by atoms with van der Waals surface area (Å²) in [6.45, 7) is 5.33. The summed E-state index contributed by atoms with van der Waals surface area (Å²) in [5.74, 6) is 0.125. The molecule has 0 radical (unpaired) electrons. The number of ether oxygens (including phenoxy) is 1. The van der Waals surface area contributed by atoms with E-state index in [4.69, 9.17) is 4.74 Å². The van der Waals surface area contributed by atoms with E-state index in [0.717, 1.165) is 5.56 Å². The Morgan fingerprint density at radius 3 is 2.25 bits per heavy atom. The number of alkyl carbamates (subject to hydrolysis) is 1. The highest BCUT2D eigenvalue weighted by Crippen LogP contribution is 2.12. The van der Waals surface area contributed by atoms with E-state index in [1.54, 1.807) is 33.3 Å². The lowest BCUT2D eigenvalue weighted by Crippen LogP contribution is -3.00. The Bertz CT molecular complexity index is 553. The van der Waals surface area contributed by atoms with Gasteiger partial charge in [0, 0.05) is 0 Å². The van der Waals surface area contributed by atoms with Crippen molar-refractivity contribution >= 4 is 16.0 Å². The lowest BCUT2D eigenvalue weighted by molar-refractivity contribution is -0.0000297. The van der Waals surface area contributed by atoms with Gasteiger partial charge in [0.2, 0.25) is 0 Å². The third-order valence-electron chi connectivity index (χ3n) is 3.04. The third-order valence-corrected chi connectivity index (χ3v) is 4.18. The van der Waals surface area contributed by atoms with Gasteiger partial charge in [-0.15, -0.1) is 4.21 Å². The molecule has 2 N–H and O–H groups in total. The van der Waals surface area contributed by atoms with Crippen molar-refractivity contribution in [1.82, 2.24) is 5.32 Å². The summed E-state index contributed by atoms with van der Waals surface area (Å²) in [6.07, 6.45) is 2.14. The van der Waals surface area contributed by atoms with Gasteiger partial charge < -0.3 is 27.6 Å². The molecule has 1 aromatic rings. The topological polar surface area (TPSA) is 75.6 Å². The molecule has 0 heterocycles. The first kappa shape index (κ1) is 22.9. The minimum absolute atomic E-state index is 0. The molecule has 24 heavy (non-hydrogen) atoms. The van der Waals surface area contributed by atoms with Crippen LogP contribution in [0.3, 0.4) is 0 Å². The summed E-state index contributed by atoms with van der Waals surface area (Å²) in [4.78, 5) is 12.0. The molecule has 1 unspecified atom stereocenters. The molecule has 2 atom stereocenters. The van der Waals surface area contributed by atoms with Crippen molar-refractivity contribution in [1.29, 1.82) is 0 Å². The normalized spacial score (nSPS) is 14.2. The SMILES string of the molecule is CC(C)(C)OC(=O)N[C@@H](Cc1ccccc1)C(O)C[S+](C)(C)=O.[Cl-]. The molecule has 0 fully saturated rings. The number of aliphatic hydroxyl groups excluding tert-OH is 1. The number of nitrogens with one attached hydrogen (secondary N) is 1. The van der Waals surface area contributed by atoms with Gasteiger partial charge >= 0.3 is 6.09 Å². The summed E-state index contributed by atoms with van der Waals surface area (Å²) in [5, 5.41) is 13.1. The Morgan fingerprint density at radius 2 is 1.79 bits per heavy atom. The highest BCUT2D eigenvalue weighted by molar-refractivity contribution is 8.01. The summed E-state index contributed by atoms with van der Waals surface area (Å²) >= 11 is 0. The van der Waals surface area contributed by atoms with Crippen LogP contribution in [0, 0.1) is 0 Å². The zero-order valence-corrected chi connectivity index (χ0v) is 16.5. The summed E-state index contributed by atoms with van der Waals surface area (Å²) in [5.41, 5.74) is 0.362. The van der Waals surface area contributed by atoms with Crippen LogP contribution in [0.25, 0.3) is 0 Å². The number of aliphatic hydroxyl groups is 1. The highest BCUT2D eigenvalue weighted by atomic mass is 35.5. The third kappa shape index (κ3) is 9.90. The van der Waals surface area contributed by atoms with Crippen molar-refractivity contribution in [2.24, 2.45) is 0 Å². The monoisotopic (exact) mass is 377 g/mol. The molecule has 1 amide bonds. The van der Waals surface area contributed by atoms with Gasteiger partial charge in [0.05, 0.1) is 16.0 Å². The lowest BCUT2D eigenvalue weighted by Gasteiger charge is -2.26. The van der Waals surface area contributed by atoms with Gasteiger partial charge in [-0.25, -0.2) is 4.79 Å². The summed E-state index contributed by atoms with van der Waals surface area (Å²) in [6, 6.07) is 8.98. The van der Waals surface area contributed by atoms with E-state index in [1.807, 2.05) is 30.3 Å². The van der Waals surface area contributed by atoms with Crippen molar-refractivity contribution in [3.63, 3.8) is 0 Å². The first-order chi connectivity index (χ1) is 10.5. The lowest BCUT2D eigenvalue weighted by atomic mass is 10.0. The van der Waals surface area contributed by atoms with Crippen molar-refractivity contribution in [2.45, 2.75) is 44.9 Å². The largest absolute Gasteiger partial charge is 1.00 e. The molecule has 7 heteroatoms. The number of halogens is 1. The fourth-order valence-corrected chi connectivity index (χ4v) is 3.19. The van der Waals surface area contributed by atoms with Crippen LogP contribution in [0.1, 0.15) is 26.3 Å². The Balaban J connectivity index is 0.00000529. The number of amides is 1. The van der Waals surface area contributed by atoms with Crippen LogP contribution in [0.15, 0.2) is 30.3 Å². The molecule has 0 aliphatic heterocycles. The number of rotatable bonds is 6. The Labute approximate surface area is 152 Å². The average Bonchev–Trinajstić information content (AvgIpc) is 2.34. The molecular formula is C17H28ClNO4S. The van der Waals surface area contributed by atoms with Gasteiger partial charge in [-0.2, -0.15) is 0 Å². The number of hydrogen-bond acceptors (Lipinski definition) is 4. The van der Waals surface area contributed by atoms with E-state index in [2.05, 4.69) is 5.32 Å². The van der Waals surface area contributed by atoms with E-state index >= 15 is 0 Å². The summed E-state index contributed by atoms with van der Waals surface area (Å²) in [7, 11) is -2.12. The van der Waals surface area contributed by atoms with Gasteiger partial charge in [-0.1, -0.05) is 30.3 Å². The Hall–Kier alpha value is -1.11. The molecule has 0 aromatic heterocycles. The quantitative estimate of drug-likeness (QED) is 0.639. The second kappa shape index (κ2) is 9.39. The van der Waals surface area contributed by atoms with Gasteiger partial charge in [-0.05, 0) is 32.8 Å². The highest BCUT2D eigenvalue weighted by Gasteiger charge is 2.30. The minimum atomic E-state index is -2.12. The van der Waals surface area contributed by atoms with E-state index < -0.39 is 33.8 Å². The second-order valence-electron chi connectivity index (χ2n) is 7.11. The van der Waals surface area contributed by atoms with Crippen LogP contribution < -0.4 is 17.7 Å². The molecule has 1 aromatic carbocycles. The molecule has 138 valence electrons. The standard InChI is InChI=1S/C17H27NO4S.ClH/c1-17(2,3)22-16(20)18-14(15(19)12-23(4,5)21)11-13-9-7-6-8-10-13;/h6-10,14-15,19H,11-12H2,1-5H3;1H/t14-,15?;/m0./s1. The predicted octanol–water partition coefficient (Wildman–Crippen LogP) is -0.754. The van der Waals surface area contributed by atoms with Gasteiger partial charge in [0.25, 0.3) is 0 Å². The number of hydrogen-bond donors (Lipinski definition) is 2. The zero-order chi connectivity index (χ0) is 17.7. The molecule has 0 spiro atoms. The van der Waals surface area contributed by atoms with E-state index in [-0.39, 0.29) is 18.2 Å². The van der Waals surface area contributed by atoms with Crippen LogP contribution in [0.5, 0.6) is 0 Å². The molecule has 0 aliphatic rings. The van der Waals surface area contributed by atoms with Crippen molar-refractivity contribution in [3.05, 3.63) is 35.9 Å². The van der Waals surface area contributed by atoms with E-state index in [9.17, 15) is 14.1 Å². The Kier molecular flexibility index (Phi) is 8.96. The molecule has 0 saturated heterocycles. The van der Waals surface area contributed by atoms with Crippen LogP contribution in [-0.2, 0) is 25.3 Å². The van der Waals surface area contributed by atoms with Crippen molar-refractivity contribution in [3.8, 4) is 0 Å². The molecule has 0 bridgehead atoms. The molecule has 0 saturated carbocycles. The van der Waals surface area contributed by atoms with Crippen LogP contribution in [-0.4, -0.2) is 47.2 Å². The first-order valence-electron chi connectivity index (χ1n) is 7.60. The average molecular weight is 378 g/mol. The second-order valence-corrected chi connectivity index (χ2v) is 10.3. The smallest absolute Gasteiger partial charge is 0.407 e. The number of benzene rings is 1. The van der Waals surface area contributed by atoms with Crippen LogP contribution >= 0.6 is 0 Å². The van der Waals surface area contributed by atoms with Crippen LogP contribution in [0.4, 0.5) is 4.79 Å². The van der Waals surface area contributed by atoms with Crippen molar-refractivity contribution in [2.75, 3.05) is 18.3 Å². The predicted molar refractivity (Wildman–Crippen MR) is 94.1 cm³/mol. The fourth-order valence-electron chi connectivity index (χ4n) is 2.14. The number of carbonyl (C=O) groups excluding carboxylic acids is 1. The van der Waals surface area contributed by atoms with Gasteiger partial charge in [0.15, 0.2) is 0 Å². The zero-order valence-electron chi connectivity index (χ0n) is 14.9. The molecule has 5 nitrogen and oxygen atoms in total. The van der Waals surface area contributed by atoms with Crippen molar-refractivity contribution < 1.29 is 31.3 Å².